The van der Waals surface area contributed by atoms with Crippen molar-refractivity contribution in [1.82, 2.24) is 10.3 Å². The fourth-order valence-electron chi connectivity index (χ4n) is 3.17. The van der Waals surface area contributed by atoms with E-state index in [0.29, 0.717) is 29.4 Å². The van der Waals surface area contributed by atoms with Gasteiger partial charge in [-0.2, -0.15) is 0 Å². The molecule has 0 unspecified atom stereocenters. The van der Waals surface area contributed by atoms with E-state index in [9.17, 15) is 9.59 Å². The maximum absolute atomic E-state index is 12.6. The van der Waals surface area contributed by atoms with Crippen LogP contribution in [0.5, 0.6) is 0 Å². The number of carbonyl (C=O) groups excluding carboxylic acids is 2. The summed E-state index contributed by atoms with van der Waals surface area (Å²) in [6, 6.07) is 18.4. The number of anilines is 1. The highest BCUT2D eigenvalue weighted by Crippen LogP contribution is 2.26. The summed E-state index contributed by atoms with van der Waals surface area (Å²) in [5.74, 6) is 0.763. The van der Waals surface area contributed by atoms with E-state index in [4.69, 9.17) is 0 Å². The zero-order valence-corrected chi connectivity index (χ0v) is 17.6. The highest BCUT2D eigenvalue weighted by Gasteiger charge is 2.13. The lowest BCUT2D eigenvalue weighted by molar-refractivity contribution is 0.0950. The molecule has 3 rings (SSSR count). The molecular formula is C25H27N3O2. The maximum Gasteiger partial charge on any atom is 0.256 e. The zero-order valence-electron chi connectivity index (χ0n) is 17.6. The van der Waals surface area contributed by atoms with E-state index in [0.717, 1.165) is 23.1 Å². The van der Waals surface area contributed by atoms with Crippen molar-refractivity contribution < 1.29 is 9.59 Å². The van der Waals surface area contributed by atoms with Crippen molar-refractivity contribution in [1.29, 1.82) is 0 Å². The van der Waals surface area contributed by atoms with Crippen LogP contribution in [-0.4, -0.2) is 23.3 Å². The van der Waals surface area contributed by atoms with E-state index in [1.54, 1.807) is 24.4 Å². The summed E-state index contributed by atoms with van der Waals surface area (Å²) in [5.41, 5.74) is 3.98. The number of hydrogen-bond acceptors (Lipinski definition) is 3. The van der Waals surface area contributed by atoms with Gasteiger partial charge in [-0.3, -0.25) is 9.59 Å². The van der Waals surface area contributed by atoms with Gasteiger partial charge in [0.1, 0.15) is 5.82 Å². The maximum atomic E-state index is 12.6. The molecule has 0 radical (unpaired) electrons. The number of carbonyl (C=O) groups is 2. The SMILES string of the molecule is Cc1c(C(=O)NCCC(C)C)cccc1-c1ccc(NC(=O)c2ccccc2)nc1. The molecule has 0 aliphatic rings. The Bertz CT molecular complexity index is 1010. The molecule has 2 amide bonds. The molecule has 0 fully saturated rings. The topological polar surface area (TPSA) is 71.1 Å². The standard InChI is InChI=1S/C25H27N3O2/c1-17(2)14-15-26-25(30)22-11-7-10-21(18(22)3)20-12-13-23(27-16-20)28-24(29)19-8-5-4-6-9-19/h4-13,16-17H,14-15H2,1-3H3,(H,26,30)(H,27,28,29). The summed E-state index contributed by atoms with van der Waals surface area (Å²) in [6.07, 6.45) is 2.66. The van der Waals surface area contributed by atoms with Gasteiger partial charge in [-0.1, -0.05) is 44.2 Å². The van der Waals surface area contributed by atoms with Crippen molar-refractivity contribution in [2.75, 3.05) is 11.9 Å². The number of rotatable bonds is 7. The highest BCUT2D eigenvalue weighted by molar-refractivity contribution is 6.03. The van der Waals surface area contributed by atoms with Gasteiger partial charge in [0.25, 0.3) is 11.8 Å². The van der Waals surface area contributed by atoms with Gasteiger partial charge in [0, 0.05) is 29.4 Å². The summed E-state index contributed by atoms with van der Waals surface area (Å²) in [7, 11) is 0. The fraction of sp³-hybridized carbons (Fsp3) is 0.240. The van der Waals surface area contributed by atoms with Gasteiger partial charge < -0.3 is 10.6 Å². The average molecular weight is 402 g/mol. The zero-order chi connectivity index (χ0) is 21.5. The third-order valence-corrected chi connectivity index (χ3v) is 4.94. The van der Waals surface area contributed by atoms with Gasteiger partial charge in [-0.25, -0.2) is 4.98 Å². The molecule has 154 valence electrons. The Morgan fingerprint density at radius 3 is 2.37 bits per heavy atom. The molecule has 3 aromatic rings. The van der Waals surface area contributed by atoms with Gasteiger partial charge in [0.15, 0.2) is 0 Å². The summed E-state index contributed by atoms with van der Waals surface area (Å²) < 4.78 is 0. The van der Waals surface area contributed by atoms with Crippen LogP contribution in [0, 0.1) is 12.8 Å². The number of aromatic nitrogens is 1. The molecule has 30 heavy (non-hydrogen) atoms. The Morgan fingerprint density at radius 2 is 1.70 bits per heavy atom. The van der Waals surface area contributed by atoms with E-state index in [-0.39, 0.29) is 11.8 Å². The Hall–Kier alpha value is -3.47. The second kappa shape index (κ2) is 9.83. The van der Waals surface area contributed by atoms with E-state index in [2.05, 4.69) is 29.5 Å². The largest absolute Gasteiger partial charge is 0.352 e. The number of pyridine rings is 1. The number of benzene rings is 2. The van der Waals surface area contributed by atoms with Crippen LogP contribution in [0.4, 0.5) is 5.82 Å². The van der Waals surface area contributed by atoms with Gasteiger partial charge in [-0.05, 0) is 60.7 Å². The highest BCUT2D eigenvalue weighted by atomic mass is 16.2. The van der Waals surface area contributed by atoms with Gasteiger partial charge >= 0.3 is 0 Å². The molecule has 0 saturated carbocycles. The van der Waals surface area contributed by atoms with Gasteiger partial charge in [0.2, 0.25) is 0 Å². The van der Waals surface area contributed by atoms with E-state index >= 15 is 0 Å². The van der Waals surface area contributed by atoms with Crippen LogP contribution >= 0.6 is 0 Å². The lowest BCUT2D eigenvalue weighted by atomic mass is 9.97. The summed E-state index contributed by atoms with van der Waals surface area (Å²) in [6.45, 7) is 6.88. The number of nitrogens with zero attached hydrogens (tertiary/aromatic N) is 1. The Labute approximate surface area is 177 Å². The lowest BCUT2D eigenvalue weighted by Gasteiger charge is -2.13. The minimum absolute atomic E-state index is 0.0605. The minimum atomic E-state index is -0.202. The summed E-state index contributed by atoms with van der Waals surface area (Å²) in [4.78, 5) is 29.2. The quantitative estimate of drug-likeness (QED) is 0.580. The van der Waals surface area contributed by atoms with E-state index < -0.39 is 0 Å². The molecule has 0 aliphatic heterocycles. The molecular weight excluding hydrogens is 374 g/mol. The molecule has 2 N–H and O–H groups in total. The molecule has 1 heterocycles. The smallest absolute Gasteiger partial charge is 0.256 e. The molecule has 0 atom stereocenters. The molecule has 5 heteroatoms. The van der Waals surface area contributed by atoms with Crippen LogP contribution in [0.2, 0.25) is 0 Å². The van der Waals surface area contributed by atoms with Crippen molar-refractivity contribution in [3.05, 3.63) is 83.6 Å². The van der Waals surface area contributed by atoms with E-state index in [1.165, 1.54) is 0 Å². The van der Waals surface area contributed by atoms with Crippen LogP contribution in [-0.2, 0) is 0 Å². The molecule has 0 saturated heterocycles. The summed E-state index contributed by atoms with van der Waals surface area (Å²) in [5, 5.41) is 5.79. The van der Waals surface area contributed by atoms with E-state index in [1.807, 2.05) is 49.4 Å². The van der Waals surface area contributed by atoms with Gasteiger partial charge in [0.05, 0.1) is 0 Å². The third-order valence-electron chi connectivity index (χ3n) is 4.94. The summed E-state index contributed by atoms with van der Waals surface area (Å²) >= 11 is 0. The first-order chi connectivity index (χ1) is 14.5. The van der Waals surface area contributed by atoms with Crippen molar-refractivity contribution in [2.24, 2.45) is 5.92 Å². The predicted octanol–water partition coefficient (Wildman–Crippen LogP) is 5.09. The molecule has 5 nitrogen and oxygen atoms in total. The molecule has 1 aromatic heterocycles. The lowest BCUT2D eigenvalue weighted by Crippen LogP contribution is -2.26. The second-order valence-corrected chi connectivity index (χ2v) is 7.67. The number of hydrogen-bond donors (Lipinski definition) is 2. The van der Waals surface area contributed by atoms with Crippen molar-refractivity contribution in [3.63, 3.8) is 0 Å². The Morgan fingerprint density at radius 1 is 0.933 bits per heavy atom. The minimum Gasteiger partial charge on any atom is -0.352 e. The fourth-order valence-corrected chi connectivity index (χ4v) is 3.17. The van der Waals surface area contributed by atoms with Crippen LogP contribution in [0.15, 0.2) is 66.9 Å². The van der Waals surface area contributed by atoms with Crippen LogP contribution in [0.25, 0.3) is 11.1 Å². The second-order valence-electron chi connectivity index (χ2n) is 7.67. The predicted molar refractivity (Wildman–Crippen MR) is 121 cm³/mol. The van der Waals surface area contributed by atoms with Crippen molar-refractivity contribution in [2.45, 2.75) is 27.2 Å². The molecule has 2 aromatic carbocycles. The first kappa shape index (κ1) is 21.2. The van der Waals surface area contributed by atoms with Gasteiger partial charge in [-0.15, -0.1) is 0 Å². The Balaban J connectivity index is 1.73. The normalized spacial score (nSPS) is 10.7. The first-order valence-electron chi connectivity index (χ1n) is 10.2. The average Bonchev–Trinajstić information content (AvgIpc) is 2.75. The van der Waals surface area contributed by atoms with Crippen LogP contribution in [0.3, 0.4) is 0 Å². The monoisotopic (exact) mass is 401 g/mol. The third kappa shape index (κ3) is 5.32. The first-order valence-corrected chi connectivity index (χ1v) is 10.2. The van der Waals surface area contributed by atoms with Crippen molar-refractivity contribution >= 4 is 17.6 Å². The van der Waals surface area contributed by atoms with Crippen molar-refractivity contribution in [3.8, 4) is 11.1 Å². The molecule has 0 bridgehead atoms. The Kier molecular flexibility index (Phi) is 6.96. The molecule has 0 aliphatic carbocycles. The molecule has 0 spiro atoms. The number of nitrogens with one attached hydrogen (secondary N) is 2. The number of amides is 2. The van der Waals surface area contributed by atoms with Crippen LogP contribution in [0.1, 0.15) is 46.5 Å². The van der Waals surface area contributed by atoms with Crippen LogP contribution < -0.4 is 10.6 Å².